The molecule has 1 aromatic heterocycles. The highest BCUT2D eigenvalue weighted by Gasteiger charge is 2.16. The minimum absolute atomic E-state index is 0.0585. The van der Waals surface area contributed by atoms with Crippen LogP contribution in [0.15, 0.2) is 18.3 Å². The van der Waals surface area contributed by atoms with Gasteiger partial charge in [-0.2, -0.15) is 0 Å². The number of carbonyl (C=O) groups is 1. The number of aliphatic hydroxyl groups excluding tert-OH is 1. The molecule has 0 radical (unpaired) electrons. The van der Waals surface area contributed by atoms with Crippen molar-refractivity contribution in [2.75, 3.05) is 13.7 Å². The summed E-state index contributed by atoms with van der Waals surface area (Å²) in [4.78, 5) is 17.5. The van der Waals surface area contributed by atoms with Gasteiger partial charge in [-0.1, -0.05) is 0 Å². The summed E-state index contributed by atoms with van der Waals surface area (Å²) in [5, 5.41) is 8.98. The predicted molar refractivity (Wildman–Crippen MR) is 60.8 cm³/mol. The zero-order chi connectivity index (χ0) is 12.1. The smallest absolute Gasteiger partial charge is 0.254 e. The molecule has 0 saturated carbocycles. The fraction of sp³-hybridized carbons (Fsp3) is 0.455. The number of hydrogen-bond donors (Lipinski definition) is 2. The normalized spacial score (nSPS) is 12.2. The Morgan fingerprint density at radius 1 is 1.69 bits per heavy atom. The average Bonchev–Trinajstić information content (AvgIpc) is 2.36. The number of nitrogens with two attached hydrogens (primary N) is 1. The first-order chi connectivity index (χ1) is 7.60. The summed E-state index contributed by atoms with van der Waals surface area (Å²) in [7, 11) is 1.66. The second-order valence-electron chi connectivity index (χ2n) is 3.69. The molecule has 16 heavy (non-hydrogen) atoms. The standard InChI is InChI=1S/C11H17N3O2/c1-8(7-15)14(2)11(16)9-3-4-13-10(5-9)6-12/h3-5,8,15H,6-7,12H2,1-2H3. The number of amides is 1. The zero-order valence-corrected chi connectivity index (χ0v) is 9.55. The van der Waals surface area contributed by atoms with Crippen LogP contribution < -0.4 is 5.73 Å². The van der Waals surface area contributed by atoms with E-state index in [-0.39, 0.29) is 18.6 Å². The van der Waals surface area contributed by atoms with Gasteiger partial charge in [0.25, 0.3) is 5.91 Å². The molecule has 1 rings (SSSR count). The maximum Gasteiger partial charge on any atom is 0.254 e. The minimum Gasteiger partial charge on any atom is -0.394 e. The molecule has 0 aromatic carbocycles. The zero-order valence-electron chi connectivity index (χ0n) is 9.55. The molecule has 0 fully saturated rings. The van der Waals surface area contributed by atoms with E-state index in [0.717, 1.165) is 0 Å². The third-order valence-corrected chi connectivity index (χ3v) is 2.52. The number of likely N-dealkylation sites (N-methyl/N-ethyl adjacent to an activating group) is 1. The molecule has 1 unspecified atom stereocenters. The third-order valence-electron chi connectivity index (χ3n) is 2.52. The molecule has 3 N–H and O–H groups in total. The maximum atomic E-state index is 12.0. The fourth-order valence-electron chi connectivity index (χ4n) is 1.25. The van der Waals surface area contributed by atoms with Crippen LogP contribution >= 0.6 is 0 Å². The molecule has 0 saturated heterocycles. The van der Waals surface area contributed by atoms with Gasteiger partial charge in [0.1, 0.15) is 0 Å². The van der Waals surface area contributed by atoms with E-state index in [1.54, 1.807) is 32.3 Å². The summed E-state index contributed by atoms with van der Waals surface area (Å²) >= 11 is 0. The van der Waals surface area contributed by atoms with Crippen molar-refractivity contribution >= 4 is 5.91 Å². The average molecular weight is 223 g/mol. The van der Waals surface area contributed by atoms with Crippen LogP contribution in [0.5, 0.6) is 0 Å². The van der Waals surface area contributed by atoms with E-state index in [9.17, 15) is 4.79 Å². The summed E-state index contributed by atoms with van der Waals surface area (Å²) in [5.74, 6) is -0.140. The van der Waals surface area contributed by atoms with Crippen LogP contribution in [-0.2, 0) is 6.54 Å². The summed E-state index contributed by atoms with van der Waals surface area (Å²) in [5.41, 5.74) is 6.67. The SMILES string of the molecule is CC(CO)N(C)C(=O)c1ccnc(CN)c1. The topological polar surface area (TPSA) is 79.5 Å². The van der Waals surface area contributed by atoms with Crippen molar-refractivity contribution in [3.05, 3.63) is 29.6 Å². The molecule has 1 amide bonds. The predicted octanol–water partition coefficient (Wildman–Crippen LogP) is -0.00690. The van der Waals surface area contributed by atoms with Crippen molar-refractivity contribution in [3.8, 4) is 0 Å². The summed E-state index contributed by atoms with van der Waals surface area (Å²) < 4.78 is 0. The lowest BCUT2D eigenvalue weighted by molar-refractivity contribution is 0.0682. The van der Waals surface area contributed by atoms with E-state index in [1.807, 2.05) is 0 Å². The number of aromatic nitrogens is 1. The highest BCUT2D eigenvalue weighted by Crippen LogP contribution is 2.07. The van der Waals surface area contributed by atoms with Crippen molar-refractivity contribution < 1.29 is 9.90 Å². The molecule has 1 aromatic rings. The minimum atomic E-state index is -0.206. The molecule has 5 nitrogen and oxygen atoms in total. The number of pyridine rings is 1. The number of aliphatic hydroxyl groups is 1. The van der Waals surface area contributed by atoms with Crippen molar-refractivity contribution in [1.82, 2.24) is 9.88 Å². The quantitative estimate of drug-likeness (QED) is 0.752. The van der Waals surface area contributed by atoms with E-state index >= 15 is 0 Å². The van der Waals surface area contributed by atoms with Crippen molar-refractivity contribution in [2.24, 2.45) is 5.73 Å². The second kappa shape index (κ2) is 5.58. The van der Waals surface area contributed by atoms with Crippen LogP contribution in [0.25, 0.3) is 0 Å². The Morgan fingerprint density at radius 2 is 2.38 bits per heavy atom. The van der Waals surface area contributed by atoms with E-state index in [1.165, 1.54) is 4.90 Å². The summed E-state index contributed by atoms with van der Waals surface area (Å²) in [6.45, 7) is 2.03. The van der Waals surface area contributed by atoms with Crippen LogP contribution in [0, 0.1) is 0 Å². The Kier molecular flexibility index (Phi) is 4.39. The monoisotopic (exact) mass is 223 g/mol. The van der Waals surface area contributed by atoms with Gasteiger partial charge in [-0.3, -0.25) is 9.78 Å². The second-order valence-corrected chi connectivity index (χ2v) is 3.69. The molecular weight excluding hydrogens is 206 g/mol. The first-order valence-corrected chi connectivity index (χ1v) is 5.13. The Morgan fingerprint density at radius 3 is 2.94 bits per heavy atom. The summed E-state index contributed by atoms with van der Waals surface area (Å²) in [6.07, 6.45) is 1.56. The molecular formula is C11H17N3O2. The van der Waals surface area contributed by atoms with Gasteiger partial charge >= 0.3 is 0 Å². The Hall–Kier alpha value is -1.46. The van der Waals surface area contributed by atoms with Crippen LogP contribution in [0.4, 0.5) is 0 Å². The highest BCUT2D eigenvalue weighted by atomic mass is 16.3. The number of nitrogens with zero attached hydrogens (tertiary/aromatic N) is 2. The van der Waals surface area contributed by atoms with Crippen LogP contribution in [0.2, 0.25) is 0 Å². The van der Waals surface area contributed by atoms with E-state index in [2.05, 4.69) is 4.98 Å². The van der Waals surface area contributed by atoms with Gasteiger partial charge in [-0.25, -0.2) is 0 Å². The summed E-state index contributed by atoms with van der Waals surface area (Å²) in [6, 6.07) is 3.10. The molecule has 0 bridgehead atoms. The third kappa shape index (κ3) is 2.77. The fourth-order valence-corrected chi connectivity index (χ4v) is 1.25. The van der Waals surface area contributed by atoms with E-state index < -0.39 is 0 Å². The molecule has 1 atom stereocenters. The lowest BCUT2D eigenvalue weighted by atomic mass is 10.2. The van der Waals surface area contributed by atoms with Gasteiger partial charge in [0.15, 0.2) is 0 Å². The lowest BCUT2D eigenvalue weighted by Crippen LogP contribution is -2.37. The molecule has 1 heterocycles. The van der Waals surface area contributed by atoms with Gasteiger partial charge in [-0.15, -0.1) is 0 Å². The largest absolute Gasteiger partial charge is 0.394 e. The first-order valence-electron chi connectivity index (χ1n) is 5.13. The molecule has 0 aliphatic heterocycles. The molecule has 0 aliphatic carbocycles. The van der Waals surface area contributed by atoms with Gasteiger partial charge in [0, 0.05) is 25.4 Å². The Labute approximate surface area is 94.9 Å². The molecule has 0 aliphatic rings. The lowest BCUT2D eigenvalue weighted by Gasteiger charge is -2.23. The van der Waals surface area contributed by atoms with E-state index in [4.69, 9.17) is 10.8 Å². The number of hydrogen-bond acceptors (Lipinski definition) is 4. The maximum absolute atomic E-state index is 12.0. The van der Waals surface area contributed by atoms with Crippen molar-refractivity contribution in [2.45, 2.75) is 19.5 Å². The van der Waals surface area contributed by atoms with Gasteiger partial charge in [0.05, 0.1) is 18.3 Å². The van der Waals surface area contributed by atoms with Crippen LogP contribution in [0.1, 0.15) is 23.0 Å². The Bertz CT molecular complexity index is 368. The first kappa shape index (κ1) is 12.6. The number of carbonyl (C=O) groups excluding carboxylic acids is 1. The van der Waals surface area contributed by atoms with Crippen molar-refractivity contribution in [1.29, 1.82) is 0 Å². The Balaban J connectivity index is 2.87. The van der Waals surface area contributed by atoms with Crippen LogP contribution in [0.3, 0.4) is 0 Å². The molecule has 88 valence electrons. The van der Waals surface area contributed by atoms with E-state index in [0.29, 0.717) is 17.8 Å². The van der Waals surface area contributed by atoms with Gasteiger partial charge < -0.3 is 15.7 Å². The van der Waals surface area contributed by atoms with Crippen LogP contribution in [-0.4, -0.2) is 40.6 Å². The van der Waals surface area contributed by atoms with Gasteiger partial charge in [0.2, 0.25) is 0 Å². The van der Waals surface area contributed by atoms with Gasteiger partial charge in [-0.05, 0) is 19.1 Å². The molecule has 5 heteroatoms. The van der Waals surface area contributed by atoms with Crippen molar-refractivity contribution in [3.63, 3.8) is 0 Å². The highest BCUT2D eigenvalue weighted by molar-refractivity contribution is 5.94. The molecule has 0 spiro atoms. The number of rotatable bonds is 4.